The van der Waals surface area contributed by atoms with Crippen molar-refractivity contribution in [2.45, 2.75) is 39.0 Å². The quantitative estimate of drug-likeness (QED) is 0.273. The van der Waals surface area contributed by atoms with E-state index in [4.69, 9.17) is 9.47 Å². The minimum Gasteiger partial charge on any atom is -0.506 e. The summed E-state index contributed by atoms with van der Waals surface area (Å²) in [6.45, 7) is 2.88. The molecule has 0 fully saturated rings. The van der Waals surface area contributed by atoms with Gasteiger partial charge in [-0.1, -0.05) is 43.7 Å². The van der Waals surface area contributed by atoms with Crippen LogP contribution in [0.1, 0.15) is 54.4 Å². The number of carbonyl (C=O) groups is 1. The summed E-state index contributed by atoms with van der Waals surface area (Å²) in [5, 5.41) is 12.7. The molecule has 8 nitrogen and oxygen atoms in total. The monoisotopic (exact) mass is 559 g/mol. The van der Waals surface area contributed by atoms with E-state index in [1.54, 1.807) is 23.1 Å². The van der Waals surface area contributed by atoms with E-state index in [2.05, 4.69) is 34.5 Å². The number of H-pyrrole nitrogens is 1. The summed E-state index contributed by atoms with van der Waals surface area (Å²) >= 11 is 1.46. The van der Waals surface area contributed by atoms with Crippen molar-refractivity contribution < 1.29 is 19.4 Å². The van der Waals surface area contributed by atoms with Crippen LogP contribution in [0.5, 0.6) is 17.2 Å². The molecule has 0 spiro atoms. The zero-order valence-corrected chi connectivity index (χ0v) is 23.8. The lowest BCUT2D eigenvalue weighted by molar-refractivity contribution is 0.0759. The molecular weight excluding hydrogens is 526 g/mol. The van der Waals surface area contributed by atoms with E-state index in [9.17, 15) is 14.7 Å². The van der Waals surface area contributed by atoms with Gasteiger partial charge in [-0.3, -0.25) is 9.59 Å². The Bertz CT molecular complexity index is 1620. The number of ether oxygens (including phenoxy) is 2. The lowest BCUT2D eigenvalue weighted by Crippen LogP contribution is -2.36. The summed E-state index contributed by atoms with van der Waals surface area (Å²) < 4.78 is 17.0. The van der Waals surface area contributed by atoms with Gasteiger partial charge in [0.2, 0.25) is 0 Å². The number of hydrogen-bond acceptors (Lipinski definition) is 7. The Hall–Kier alpha value is -4.11. The Morgan fingerprint density at radius 3 is 2.55 bits per heavy atom. The SMILES string of the molecule is CCCCc1[nH]c(=O)c(C(=O)N2CCC=C(c3nsc4ccccc34)CC2)c(O)c1-c1c(OC)cccc1OC. The molecule has 2 aromatic heterocycles. The summed E-state index contributed by atoms with van der Waals surface area (Å²) in [4.78, 5) is 31.7. The first kappa shape index (κ1) is 27.5. The first-order valence-corrected chi connectivity index (χ1v) is 14.3. The van der Waals surface area contributed by atoms with E-state index >= 15 is 0 Å². The summed E-state index contributed by atoms with van der Waals surface area (Å²) in [6.07, 6.45) is 5.54. The van der Waals surface area contributed by atoms with Gasteiger partial charge >= 0.3 is 0 Å². The summed E-state index contributed by atoms with van der Waals surface area (Å²) in [6, 6.07) is 13.4. The summed E-state index contributed by atoms with van der Waals surface area (Å²) in [5.74, 6) is 0.0770. The fraction of sp³-hybridized carbons (Fsp3) is 0.323. The fourth-order valence-electron chi connectivity index (χ4n) is 5.30. The van der Waals surface area contributed by atoms with Crippen LogP contribution in [0.4, 0.5) is 0 Å². The second kappa shape index (κ2) is 12.0. The normalized spacial score (nSPS) is 13.7. The molecule has 1 aliphatic heterocycles. The van der Waals surface area contributed by atoms with E-state index < -0.39 is 11.5 Å². The molecule has 5 rings (SSSR count). The van der Waals surface area contributed by atoms with Gasteiger partial charge in [-0.05, 0) is 61.0 Å². The zero-order chi connectivity index (χ0) is 28.2. The van der Waals surface area contributed by atoms with Crippen molar-refractivity contribution in [3.63, 3.8) is 0 Å². The number of methoxy groups -OCH3 is 2. The van der Waals surface area contributed by atoms with Gasteiger partial charge < -0.3 is 24.5 Å². The second-order valence-electron chi connectivity index (χ2n) is 9.76. The number of amides is 1. The molecule has 3 heterocycles. The summed E-state index contributed by atoms with van der Waals surface area (Å²) in [5.41, 5.74) is 2.55. The molecule has 0 radical (unpaired) electrons. The van der Waals surface area contributed by atoms with Crippen LogP contribution in [0.2, 0.25) is 0 Å². The Morgan fingerprint density at radius 1 is 1.07 bits per heavy atom. The number of aromatic amines is 1. The molecule has 0 atom stereocenters. The number of unbranched alkanes of at least 4 members (excludes halogenated alkanes) is 1. The van der Waals surface area contributed by atoms with Crippen molar-refractivity contribution in [3.8, 4) is 28.4 Å². The molecule has 1 amide bonds. The largest absolute Gasteiger partial charge is 0.506 e. The number of benzene rings is 2. The van der Waals surface area contributed by atoms with E-state index in [1.807, 2.05) is 12.1 Å². The molecule has 0 unspecified atom stereocenters. The number of pyridine rings is 1. The first-order chi connectivity index (χ1) is 19.5. The van der Waals surface area contributed by atoms with E-state index in [1.165, 1.54) is 25.8 Å². The first-order valence-electron chi connectivity index (χ1n) is 13.5. The molecule has 40 heavy (non-hydrogen) atoms. The van der Waals surface area contributed by atoms with Crippen LogP contribution in [0.15, 0.2) is 53.3 Å². The maximum atomic E-state index is 13.9. The Balaban J connectivity index is 1.52. The minimum absolute atomic E-state index is 0.272. The number of rotatable bonds is 8. The number of fused-ring (bicyclic) bond motifs is 1. The van der Waals surface area contributed by atoms with Crippen LogP contribution in [0.25, 0.3) is 26.8 Å². The molecule has 0 aliphatic carbocycles. The summed E-state index contributed by atoms with van der Waals surface area (Å²) in [7, 11) is 3.07. The van der Waals surface area contributed by atoms with Crippen LogP contribution in [-0.4, -0.2) is 52.6 Å². The third-order valence-electron chi connectivity index (χ3n) is 7.35. The Labute approximate surface area is 237 Å². The Morgan fingerprint density at radius 2 is 1.82 bits per heavy atom. The van der Waals surface area contributed by atoms with Gasteiger partial charge in [0.15, 0.2) is 0 Å². The number of carbonyl (C=O) groups excluding carboxylic acids is 1. The van der Waals surface area contributed by atoms with Crippen LogP contribution < -0.4 is 15.0 Å². The van der Waals surface area contributed by atoms with Crippen molar-refractivity contribution in [2.75, 3.05) is 27.3 Å². The van der Waals surface area contributed by atoms with E-state index in [0.717, 1.165) is 34.2 Å². The van der Waals surface area contributed by atoms with Crippen LogP contribution in [-0.2, 0) is 6.42 Å². The molecule has 2 aromatic carbocycles. The molecule has 1 aliphatic rings. The molecule has 0 saturated carbocycles. The topological polar surface area (TPSA) is 105 Å². The zero-order valence-electron chi connectivity index (χ0n) is 23.0. The van der Waals surface area contributed by atoms with Crippen molar-refractivity contribution in [1.29, 1.82) is 0 Å². The second-order valence-corrected chi connectivity index (χ2v) is 10.6. The highest BCUT2D eigenvalue weighted by atomic mass is 32.1. The predicted molar refractivity (Wildman–Crippen MR) is 159 cm³/mol. The fourth-order valence-corrected chi connectivity index (χ4v) is 6.11. The molecule has 208 valence electrons. The minimum atomic E-state index is -0.603. The number of aromatic hydroxyl groups is 1. The van der Waals surface area contributed by atoms with Crippen LogP contribution in [0.3, 0.4) is 0 Å². The smallest absolute Gasteiger partial charge is 0.264 e. The third kappa shape index (κ3) is 5.09. The molecular formula is C31H33N3O5S. The Kier molecular flexibility index (Phi) is 8.21. The standard InChI is InChI=1S/C31H33N3O5S/c1-4-5-12-21-25(26-22(38-2)13-8-14-23(26)39-3)29(35)27(30(36)32-21)31(37)34-17-9-10-19(16-18-34)28-20-11-6-7-15-24(20)40-33-28/h6-8,10-11,13-15H,4-5,9,12,16-18H2,1-3H3,(H2,32,35,36). The van der Waals surface area contributed by atoms with Crippen LogP contribution >= 0.6 is 11.5 Å². The third-order valence-corrected chi connectivity index (χ3v) is 8.18. The number of hydrogen-bond donors (Lipinski definition) is 2. The lowest BCUT2D eigenvalue weighted by atomic mass is 9.95. The molecule has 2 N–H and O–H groups in total. The maximum absolute atomic E-state index is 13.9. The van der Waals surface area contributed by atoms with Crippen molar-refractivity contribution in [2.24, 2.45) is 0 Å². The molecule has 0 bridgehead atoms. The van der Waals surface area contributed by atoms with Gasteiger partial charge in [-0.25, -0.2) is 0 Å². The van der Waals surface area contributed by atoms with Crippen LogP contribution in [0, 0.1) is 0 Å². The van der Waals surface area contributed by atoms with E-state index in [0.29, 0.717) is 60.7 Å². The van der Waals surface area contributed by atoms with E-state index in [-0.39, 0.29) is 11.3 Å². The van der Waals surface area contributed by atoms with Crippen molar-refractivity contribution in [3.05, 3.63) is 75.8 Å². The van der Waals surface area contributed by atoms with Gasteiger partial charge in [-0.15, -0.1) is 0 Å². The van der Waals surface area contributed by atoms with Gasteiger partial charge in [0.1, 0.15) is 22.8 Å². The molecule has 0 saturated heterocycles. The highest BCUT2D eigenvalue weighted by Gasteiger charge is 2.30. The number of aryl methyl sites for hydroxylation is 1. The number of aromatic nitrogens is 2. The predicted octanol–water partition coefficient (Wildman–Crippen LogP) is 6.04. The van der Waals surface area contributed by atoms with Gasteiger partial charge in [0, 0.05) is 24.2 Å². The molecule has 9 heteroatoms. The highest BCUT2D eigenvalue weighted by Crippen LogP contribution is 2.45. The lowest BCUT2D eigenvalue weighted by Gasteiger charge is -2.23. The van der Waals surface area contributed by atoms with Gasteiger partial charge in [0.05, 0.1) is 35.7 Å². The molecule has 4 aromatic rings. The number of nitrogens with zero attached hydrogens (tertiary/aromatic N) is 2. The van der Waals surface area contributed by atoms with Crippen molar-refractivity contribution >= 4 is 33.1 Å². The average Bonchev–Trinajstić information content (AvgIpc) is 3.24. The maximum Gasteiger partial charge on any atom is 0.264 e. The number of nitrogens with one attached hydrogen (secondary N) is 1. The van der Waals surface area contributed by atoms with Gasteiger partial charge in [0.25, 0.3) is 11.5 Å². The highest BCUT2D eigenvalue weighted by molar-refractivity contribution is 7.13. The van der Waals surface area contributed by atoms with Gasteiger partial charge in [-0.2, -0.15) is 4.37 Å². The average molecular weight is 560 g/mol. The van der Waals surface area contributed by atoms with Crippen molar-refractivity contribution in [1.82, 2.24) is 14.3 Å².